The van der Waals surface area contributed by atoms with Gasteiger partial charge >= 0.3 is 0 Å². The Bertz CT molecular complexity index is 582. The van der Waals surface area contributed by atoms with Crippen LogP contribution in [-0.2, 0) is 14.6 Å². The minimum Gasteiger partial charge on any atom is -0.490 e. The number of nitrogens with one attached hydrogen (secondary N) is 1. The molecule has 0 saturated heterocycles. The van der Waals surface area contributed by atoms with E-state index >= 15 is 0 Å². The number of hydrogen-bond donors (Lipinski definition) is 2. The van der Waals surface area contributed by atoms with Crippen molar-refractivity contribution in [3.63, 3.8) is 0 Å². The van der Waals surface area contributed by atoms with Gasteiger partial charge in [-0.25, -0.2) is 8.42 Å². The van der Waals surface area contributed by atoms with Gasteiger partial charge in [-0.05, 0) is 26.0 Å². The second-order valence-electron chi connectivity index (χ2n) is 4.87. The van der Waals surface area contributed by atoms with Gasteiger partial charge in [0.2, 0.25) is 5.91 Å². The summed E-state index contributed by atoms with van der Waals surface area (Å²) in [5, 5.41) is 2.58. The van der Waals surface area contributed by atoms with Crippen molar-refractivity contribution in [1.82, 2.24) is 0 Å². The molecule has 3 N–H and O–H groups in total. The third-order valence-corrected chi connectivity index (χ3v) is 5.02. The molecule has 0 radical (unpaired) electrons. The predicted molar refractivity (Wildman–Crippen MR) is 78.5 cm³/mol. The molecule has 0 heterocycles. The lowest BCUT2D eigenvalue weighted by Crippen LogP contribution is -2.43. The molecule has 0 aliphatic carbocycles. The number of hydrogen-bond acceptors (Lipinski definition) is 5. The number of nitrogens with two attached hydrogens (primary N) is 1. The molecule has 7 heteroatoms. The molecule has 1 aromatic carbocycles. The molecule has 0 bridgehead atoms. The quantitative estimate of drug-likeness (QED) is 0.809. The first-order valence-electron chi connectivity index (χ1n) is 6.13. The van der Waals surface area contributed by atoms with Gasteiger partial charge in [0.15, 0.2) is 9.84 Å². The number of carbonyl (C=O) groups excluding carboxylic acids is 1. The minimum absolute atomic E-state index is 0.308. The molecule has 0 fully saturated rings. The number of ether oxygens (including phenoxy) is 1. The van der Waals surface area contributed by atoms with Gasteiger partial charge in [0.1, 0.15) is 17.1 Å². The summed E-state index contributed by atoms with van der Waals surface area (Å²) in [7, 11) is -3.52. The summed E-state index contributed by atoms with van der Waals surface area (Å²) >= 11 is 0. The van der Waals surface area contributed by atoms with E-state index in [2.05, 4.69) is 5.32 Å². The Kier molecular flexibility index (Phi) is 5.13. The molecule has 6 nitrogen and oxygen atoms in total. The van der Waals surface area contributed by atoms with Crippen LogP contribution in [0, 0.1) is 0 Å². The Hall–Kier alpha value is -1.60. The molecule has 1 aromatic rings. The largest absolute Gasteiger partial charge is 0.490 e. The minimum atomic E-state index is -3.52. The number of para-hydroxylation sites is 2. The fraction of sp³-hybridized carbons (Fsp3) is 0.462. The van der Waals surface area contributed by atoms with Crippen molar-refractivity contribution in [3.05, 3.63) is 24.3 Å². The predicted octanol–water partition coefficient (Wildman–Crippen LogP) is 0.786. The van der Waals surface area contributed by atoms with Crippen LogP contribution in [0.1, 0.15) is 13.8 Å². The number of benzene rings is 1. The van der Waals surface area contributed by atoms with Crippen molar-refractivity contribution in [3.8, 4) is 5.75 Å². The van der Waals surface area contributed by atoms with E-state index in [-0.39, 0.29) is 0 Å². The number of sulfone groups is 1. The normalized spacial score (nSPS) is 12.0. The van der Waals surface area contributed by atoms with Crippen LogP contribution in [0.2, 0.25) is 0 Å². The number of carbonyl (C=O) groups is 1. The van der Waals surface area contributed by atoms with Gasteiger partial charge in [-0.2, -0.15) is 0 Å². The maximum absolute atomic E-state index is 12.1. The molecular formula is C13H20N2O4S. The van der Waals surface area contributed by atoms with E-state index in [4.69, 9.17) is 10.5 Å². The van der Waals surface area contributed by atoms with Crippen LogP contribution in [0.3, 0.4) is 0 Å². The van der Waals surface area contributed by atoms with E-state index in [0.29, 0.717) is 24.6 Å². The van der Waals surface area contributed by atoms with Crippen LogP contribution in [0.25, 0.3) is 0 Å². The molecule has 112 valence electrons. The monoisotopic (exact) mass is 300 g/mol. The van der Waals surface area contributed by atoms with Crippen molar-refractivity contribution in [2.24, 2.45) is 5.73 Å². The zero-order chi connectivity index (χ0) is 15.4. The molecule has 0 spiro atoms. The van der Waals surface area contributed by atoms with Gasteiger partial charge in [0, 0.05) is 12.8 Å². The molecule has 0 saturated carbocycles. The summed E-state index contributed by atoms with van der Waals surface area (Å²) in [6.07, 6.45) is 1.03. The summed E-state index contributed by atoms with van der Waals surface area (Å²) in [5.74, 6) is -0.153. The van der Waals surface area contributed by atoms with Crippen LogP contribution in [0.15, 0.2) is 24.3 Å². The van der Waals surface area contributed by atoms with Crippen LogP contribution >= 0.6 is 0 Å². The van der Waals surface area contributed by atoms with Crippen LogP contribution < -0.4 is 15.8 Å². The Morgan fingerprint density at radius 1 is 1.35 bits per heavy atom. The second-order valence-corrected chi connectivity index (χ2v) is 7.43. The van der Waals surface area contributed by atoms with E-state index in [9.17, 15) is 13.2 Å². The summed E-state index contributed by atoms with van der Waals surface area (Å²) in [5.41, 5.74) is 5.78. The van der Waals surface area contributed by atoms with Crippen molar-refractivity contribution in [2.75, 3.05) is 24.7 Å². The van der Waals surface area contributed by atoms with E-state index in [1.54, 1.807) is 24.3 Å². The lowest BCUT2D eigenvalue weighted by atomic mass is 10.2. The highest BCUT2D eigenvalue weighted by Gasteiger charge is 2.38. The van der Waals surface area contributed by atoms with Crippen LogP contribution in [0.5, 0.6) is 5.75 Å². The zero-order valence-electron chi connectivity index (χ0n) is 11.8. The summed E-state index contributed by atoms with van der Waals surface area (Å²) in [6.45, 7) is 3.38. The first kappa shape index (κ1) is 16.5. The van der Waals surface area contributed by atoms with E-state index in [0.717, 1.165) is 6.26 Å². The lowest BCUT2D eigenvalue weighted by Gasteiger charge is -2.22. The Balaban J connectivity index is 2.97. The fourth-order valence-electron chi connectivity index (χ4n) is 1.31. The van der Waals surface area contributed by atoms with Gasteiger partial charge in [-0.3, -0.25) is 4.79 Å². The highest BCUT2D eigenvalue weighted by atomic mass is 32.2. The smallest absolute Gasteiger partial charge is 0.245 e. The van der Waals surface area contributed by atoms with Gasteiger partial charge < -0.3 is 15.8 Å². The standard InChI is InChI=1S/C13H20N2O4S/c1-13(2,20(3,17)18)12(16)15-10-6-4-5-7-11(10)19-9-8-14/h4-7H,8-9,14H2,1-3H3,(H,15,16). The summed E-state index contributed by atoms with van der Waals surface area (Å²) < 4.78 is 27.1. The van der Waals surface area contributed by atoms with Crippen molar-refractivity contribution in [1.29, 1.82) is 0 Å². The van der Waals surface area contributed by atoms with Crippen molar-refractivity contribution >= 4 is 21.4 Å². The maximum Gasteiger partial charge on any atom is 0.245 e. The SMILES string of the molecule is CC(C)(C(=O)Nc1ccccc1OCCN)S(C)(=O)=O. The van der Waals surface area contributed by atoms with E-state index in [1.807, 2.05) is 0 Å². The Morgan fingerprint density at radius 3 is 2.50 bits per heavy atom. The first-order chi connectivity index (χ1) is 9.20. The number of amides is 1. The number of anilines is 1. The first-order valence-corrected chi connectivity index (χ1v) is 8.02. The summed E-state index contributed by atoms with van der Waals surface area (Å²) in [6, 6.07) is 6.79. The third-order valence-electron chi connectivity index (χ3n) is 2.98. The lowest BCUT2D eigenvalue weighted by molar-refractivity contribution is -0.117. The van der Waals surface area contributed by atoms with Gasteiger partial charge in [0.25, 0.3) is 0 Å². The summed E-state index contributed by atoms with van der Waals surface area (Å²) in [4.78, 5) is 12.1. The Morgan fingerprint density at radius 2 is 1.95 bits per heavy atom. The average molecular weight is 300 g/mol. The molecule has 1 amide bonds. The molecular weight excluding hydrogens is 280 g/mol. The van der Waals surface area contributed by atoms with Crippen molar-refractivity contribution in [2.45, 2.75) is 18.6 Å². The average Bonchev–Trinajstić information content (AvgIpc) is 2.36. The van der Waals surface area contributed by atoms with Crippen molar-refractivity contribution < 1.29 is 17.9 Å². The van der Waals surface area contributed by atoms with Gasteiger partial charge in [0.05, 0.1) is 5.69 Å². The molecule has 0 aliphatic heterocycles. The molecule has 20 heavy (non-hydrogen) atoms. The second kappa shape index (κ2) is 6.23. The molecule has 0 atom stereocenters. The zero-order valence-corrected chi connectivity index (χ0v) is 12.7. The van der Waals surface area contributed by atoms with E-state index < -0.39 is 20.5 Å². The number of rotatable bonds is 6. The molecule has 0 aromatic heterocycles. The van der Waals surface area contributed by atoms with Gasteiger partial charge in [-0.15, -0.1) is 0 Å². The highest BCUT2D eigenvalue weighted by Crippen LogP contribution is 2.26. The van der Waals surface area contributed by atoms with Crippen LogP contribution in [-0.4, -0.2) is 38.5 Å². The highest BCUT2D eigenvalue weighted by molar-refractivity contribution is 7.92. The van der Waals surface area contributed by atoms with E-state index in [1.165, 1.54) is 13.8 Å². The molecule has 0 aliphatic rings. The molecule has 1 rings (SSSR count). The third kappa shape index (κ3) is 3.71. The Labute approximate surface area is 119 Å². The topological polar surface area (TPSA) is 98.5 Å². The fourth-order valence-corrected chi connectivity index (χ4v) is 1.69. The molecule has 0 unspecified atom stereocenters. The maximum atomic E-state index is 12.1. The van der Waals surface area contributed by atoms with Gasteiger partial charge in [-0.1, -0.05) is 12.1 Å². The van der Waals surface area contributed by atoms with Crippen LogP contribution in [0.4, 0.5) is 5.69 Å².